The Kier molecular flexibility index (Phi) is 6.53. The number of hydrogen-bond acceptors (Lipinski definition) is 2. The molecule has 180 valence electrons. The number of aromatic nitrogens is 1. The zero-order chi connectivity index (χ0) is 24.4. The second-order valence-electron chi connectivity index (χ2n) is 9.07. The van der Waals surface area contributed by atoms with Crippen molar-refractivity contribution in [3.05, 3.63) is 101 Å². The van der Waals surface area contributed by atoms with Crippen LogP contribution in [0.4, 0.5) is 14.5 Å². The Hall–Kier alpha value is -3.67. The fourth-order valence-electron chi connectivity index (χ4n) is 5.16. The van der Waals surface area contributed by atoms with Crippen molar-refractivity contribution < 1.29 is 13.6 Å². The van der Waals surface area contributed by atoms with Crippen molar-refractivity contribution >= 4 is 22.5 Å². The van der Waals surface area contributed by atoms with E-state index in [2.05, 4.69) is 24.0 Å². The maximum atomic E-state index is 14.2. The first-order valence-electron chi connectivity index (χ1n) is 12.2. The second kappa shape index (κ2) is 9.90. The summed E-state index contributed by atoms with van der Waals surface area (Å²) in [5.41, 5.74) is 4.63. The maximum absolute atomic E-state index is 14.2. The molecule has 3 aromatic carbocycles. The van der Waals surface area contributed by atoms with Crippen LogP contribution in [-0.4, -0.2) is 42.0 Å². The van der Waals surface area contributed by atoms with E-state index in [1.165, 1.54) is 23.8 Å². The number of fused-ring (bicyclic) bond motifs is 1. The first kappa shape index (κ1) is 23.1. The summed E-state index contributed by atoms with van der Waals surface area (Å²) < 4.78 is 28.4. The molecule has 0 saturated carbocycles. The molecule has 0 bridgehead atoms. The molecule has 1 amide bonds. The molecule has 5 rings (SSSR count). The molecule has 1 fully saturated rings. The summed E-state index contributed by atoms with van der Waals surface area (Å²) in [5.74, 6) is -0.811. The molecule has 0 aliphatic carbocycles. The average Bonchev–Trinajstić information content (AvgIpc) is 3.31. The highest BCUT2D eigenvalue weighted by Gasteiger charge is 2.27. The Balaban J connectivity index is 1.39. The van der Waals surface area contributed by atoms with E-state index in [9.17, 15) is 13.6 Å². The van der Waals surface area contributed by atoms with Crippen LogP contribution in [0.15, 0.2) is 72.9 Å². The van der Waals surface area contributed by atoms with Gasteiger partial charge in [-0.1, -0.05) is 49.4 Å². The predicted octanol–water partition coefficient (Wildman–Crippen LogP) is 5.88. The largest absolute Gasteiger partial charge is 0.366 e. The number of benzene rings is 3. The maximum Gasteiger partial charge on any atom is 0.223 e. The van der Waals surface area contributed by atoms with Crippen LogP contribution in [0.5, 0.6) is 0 Å². The number of H-pyrrole nitrogens is 1. The highest BCUT2D eigenvalue weighted by atomic mass is 19.1. The van der Waals surface area contributed by atoms with Gasteiger partial charge in [-0.05, 0) is 47.4 Å². The van der Waals surface area contributed by atoms with E-state index in [1.807, 2.05) is 34.2 Å². The smallest absolute Gasteiger partial charge is 0.223 e. The molecule has 6 heteroatoms. The lowest BCUT2D eigenvalue weighted by molar-refractivity contribution is -0.131. The van der Waals surface area contributed by atoms with Crippen molar-refractivity contribution in [2.24, 2.45) is 0 Å². The molecule has 35 heavy (non-hydrogen) atoms. The molecule has 4 nitrogen and oxygen atoms in total. The minimum atomic E-state index is -0.312. The van der Waals surface area contributed by atoms with Gasteiger partial charge >= 0.3 is 0 Å². The van der Waals surface area contributed by atoms with E-state index >= 15 is 0 Å². The number of anilines is 1. The first-order chi connectivity index (χ1) is 17.0. The summed E-state index contributed by atoms with van der Waals surface area (Å²) in [6.45, 7) is 4.31. The molecule has 1 aromatic heterocycles. The first-order valence-corrected chi connectivity index (χ1v) is 12.2. The lowest BCUT2D eigenvalue weighted by Gasteiger charge is -2.36. The lowest BCUT2D eigenvalue weighted by atomic mass is 9.87. The molecule has 1 N–H and O–H groups in total. The Labute approximate surface area is 204 Å². The number of piperazine rings is 1. The van der Waals surface area contributed by atoms with Gasteiger partial charge in [-0.3, -0.25) is 4.79 Å². The molecule has 2 heterocycles. The minimum Gasteiger partial charge on any atom is -0.366 e. The molecule has 0 radical (unpaired) electrons. The van der Waals surface area contributed by atoms with Crippen LogP contribution < -0.4 is 4.90 Å². The van der Waals surface area contributed by atoms with E-state index < -0.39 is 0 Å². The van der Waals surface area contributed by atoms with Gasteiger partial charge in [0, 0.05) is 55.6 Å². The van der Waals surface area contributed by atoms with Crippen LogP contribution in [0, 0.1) is 11.6 Å². The molecular formula is C29H29F2N3O. The van der Waals surface area contributed by atoms with Crippen molar-refractivity contribution in [3.8, 4) is 0 Å². The summed E-state index contributed by atoms with van der Waals surface area (Å²) in [7, 11) is 0. The van der Waals surface area contributed by atoms with E-state index in [0.717, 1.165) is 28.5 Å². The minimum absolute atomic E-state index is 0.0217. The third-order valence-corrected chi connectivity index (χ3v) is 7.05. The fraction of sp³-hybridized carbons (Fsp3) is 0.276. The molecule has 0 spiro atoms. The molecule has 1 atom stereocenters. The van der Waals surface area contributed by atoms with Crippen molar-refractivity contribution in [3.63, 3.8) is 0 Å². The SMILES string of the molecule is CCc1cccc2c(C(CC(=O)N3CCN(c4ccccc4F)CC3)c3cccc(F)c3)c[nH]c12. The third kappa shape index (κ3) is 4.65. The van der Waals surface area contributed by atoms with Gasteiger partial charge in [-0.2, -0.15) is 0 Å². The van der Waals surface area contributed by atoms with E-state index in [0.29, 0.717) is 31.9 Å². The predicted molar refractivity (Wildman–Crippen MR) is 136 cm³/mol. The zero-order valence-electron chi connectivity index (χ0n) is 19.8. The van der Waals surface area contributed by atoms with Crippen LogP contribution in [-0.2, 0) is 11.2 Å². The molecular weight excluding hydrogens is 444 g/mol. The quantitative estimate of drug-likeness (QED) is 0.380. The highest BCUT2D eigenvalue weighted by Crippen LogP contribution is 2.35. The zero-order valence-corrected chi connectivity index (χ0v) is 19.8. The number of aryl methyl sites for hydroxylation is 1. The number of rotatable bonds is 6. The Bertz CT molecular complexity index is 1340. The highest BCUT2D eigenvalue weighted by molar-refractivity contribution is 5.88. The normalized spacial score (nSPS) is 14.9. The standard InChI is InChI=1S/C29H29F2N3O/c1-2-20-7-6-10-23-25(19-32-29(20)23)24(21-8-5-9-22(30)17-21)18-28(35)34-15-13-33(14-16-34)27-12-4-3-11-26(27)31/h3-12,17,19,24,32H,2,13-16,18H2,1H3. The number of nitrogens with zero attached hydrogens (tertiary/aromatic N) is 2. The van der Waals surface area contributed by atoms with Crippen LogP contribution in [0.2, 0.25) is 0 Å². The van der Waals surface area contributed by atoms with Crippen molar-refractivity contribution in [2.75, 3.05) is 31.1 Å². The van der Waals surface area contributed by atoms with Crippen LogP contribution in [0.25, 0.3) is 10.9 Å². The number of para-hydroxylation sites is 2. The van der Waals surface area contributed by atoms with Gasteiger partial charge in [-0.25, -0.2) is 8.78 Å². The Morgan fingerprint density at radius 3 is 2.49 bits per heavy atom. The van der Waals surface area contributed by atoms with Gasteiger partial charge in [0.15, 0.2) is 0 Å². The number of carbonyl (C=O) groups excluding carboxylic acids is 1. The molecule has 1 unspecified atom stereocenters. The van der Waals surface area contributed by atoms with E-state index in [4.69, 9.17) is 0 Å². The van der Waals surface area contributed by atoms with Gasteiger partial charge < -0.3 is 14.8 Å². The van der Waals surface area contributed by atoms with Crippen LogP contribution in [0.3, 0.4) is 0 Å². The second-order valence-corrected chi connectivity index (χ2v) is 9.07. The number of carbonyl (C=O) groups is 1. The average molecular weight is 474 g/mol. The summed E-state index contributed by atoms with van der Waals surface area (Å²) in [6, 6.07) is 19.5. The third-order valence-electron chi connectivity index (χ3n) is 7.05. The van der Waals surface area contributed by atoms with E-state index in [-0.39, 0.29) is 29.9 Å². The monoisotopic (exact) mass is 473 g/mol. The summed E-state index contributed by atoms with van der Waals surface area (Å²) >= 11 is 0. The Morgan fingerprint density at radius 2 is 1.74 bits per heavy atom. The van der Waals surface area contributed by atoms with Crippen LogP contribution in [0.1, 0.15) is 36.0 Å². The molecule has 4 aromatic rings. The fourth-order valence-corrected chi connectivity index (χ4v) is 5.16. The van der Waals surface area contributed by atoms with Crippen molar-refractivity contribution in [1.29, 1.82) is 0 Å². The van der Waals surface area contributed by atoms with Gasteiger partial charge in [-0.15, -0.1) is 0 Å². The van der Waals surface area contributed by atoms with Gasteiger partial charge in [0.2, 0.25) is 5.91 Å². The van der Waals surface area contributed by atoms with Gasteiger partial charge in [0.1, 0.15) is 11.6 Å². The number of aromatic amines is 1. The molecule has 1 aliphatic heterocycles. The topological polar surface area (TPSA) is 39.3 Å². The summed E-state index contributed by atoms with van der Waals surface area (Å²) in [5, 5.41) is 1.07. The van der Waals surface area contributed by atoms with Crippen LogP contribution >= 0.6 is 0 Å². The Morgan fingerprint density at radius 1 is 0.971 bits per heavy atom. The number of amides is 1. The van der Waals surface area contributed by atoms with Gasteiger partial charge in [0.05, 0.1) is 5.69 Å². The lowest BCUT2D eigenvalue weighted by Crippen LogP contribution is -2.49. The molecule has 1 aliphatic rings. The number of hydrogen-bond donors (Lipinski definition) is 1. The van der Waals surface area contributed by atoms with Gasteiger partial charge in [0.25, 0.3) is 0 Å². The summed E-state index contributed by atoms with van der Waals surface area (Å²) in [4.78, 5) is 20.7. The summed E-state index contributed by atoms with van der Waals surface area (Å²) in [6.07, 6.45) is 3.10. The van der Waals surface area contributed by atoms with E-state index in [1.54, 1.807) is 18.2 Å². The number of halogens is 2. The molecule has 1 saturated heterocycles. The van der Waals surface area contributed by atoms with Crippen molar-refractivity contribution in [1.82, 2.24) is 9.88 Å². The van der Waals surface area contributed by atoms with Crippen molar-refractivity contribution in [2.45, 2.75) is 25.7 Å². The number of nitrogens with one attached hydrogen (secondary N) is 1.